The Morgan fingerprint density at radius 2 is 2.00 bits per heavy atom. The largest absolute Gasteiger partial charge is 0.441 e. The van der Waals surface area contributed by atoms with Crippen LogP contribution >= 0.6 is 11.3 Å². The highest BCUT2D eigenvalue weighted by molar-refractivity contribution is 7.09. The van der Waals surface area contributed by atoms with Gasteiger partial charge in [-0.1, -0.05) is 0 Å². The summed E-state index contributed by atoms with van der Waals surface area (Å²) in [6.45, 7) is 4.19. The van der Waals surface area contributed by atoms with Crippen LogP contribution in [-0.2, 0) is 17.8 Å². The minimum atomic E-state index is -0.112. The second-order valence-corrected chi connectivity index (χ2v) is 6.34. The maximum absolute atomic E-state index is 12.1. The third kappa shape index (κ3) is 3.69. The number of amides is 1. The molecule has 0 aliphatic rings. The number of nitrogens with two attached hydrogens (primary N) is 1. The van der Waals surface area contributed by atoms with E-state index in [9.17, 15) is 4.79 Å². The number of rotatable bonds is 5. The van der Waals surface area contributed by atoms with Crippen molar-refractivity contribution in [1.29, 1.82) is 0 Å². The monoisotopic (exact) mass is 342 g/mol. The van der Waals surface area contributed by atoms with Crippen LogP contribution in [-0.4, -0.2) is 15.9 Å². The molecule has 0 saturated carbocycles. The maximum atomic E-state index is 12.1. The van der Waals surface area contributed by atoms with Crippen LogP contribution in [0.25, 0.3) is 11.5 Å². The maximum Gasteiger partial charge on any atom is 0.230 e. The normalized spacial score (nSPS) is 10.8. The summed E-state index contributed by atoms with van der Waals surface area (Å²) in [4.78, 5) is 20.7. The summed E-state index contributed by atoms with van der Waals surface area (Å²) in [5.41, 5.74) is 8.73. The van der Waals surface area contributed by atoms with Crippen molar-refractivity contribution in [2.75, 3.05) is 5.32 Å². The van der Waals surface area contributed by atoms with E-state index in [2.05, 4.69) is 15.3 Å². The smallest absolute Gasteiger partial charge is 0.230 e. The number of hydrogen-bond acceptors (Lipinski definition) is 6. The first-order valence-electron chi connectivity index (χ1n) is 7.53. The third-order valence-corrected chi connectivity index (χ3v) is 4.48. The lowest BCUT2D eigenvalue weighted by atomic mass is 10.2. The fourth-order valence-corrected chi connectivity index (χ4v) is 2.86. The Morgan fingerprint density at radius 1 is 1.25 bits per heavy atom. The predicted octanol–water partition coefficient (Wildman–Crippen LogP) is 3.05. The van der Waals surface area contributed by atoms with Crippen molar-refractivity contribution in [2.24, 2.45) is 5.73 Å². The first-order chi connectivity index (χ1) is 11.5. The van der Waals surface area contributed by atoms with E-state index in [1.807, 2.05) is 43.5 Å². The van der Waals surface area contributed by atoms with Crippen molar-refractivity contribution in [1.82, 2.24) is 9.97 Å². The zero-order chi connectivity index (χ0) is 17.1. The van der Waals surface area contributed by atoms with Crippen molar-refractivity contribution in [3.05, 3.63) is 51.8 Å². The Balaban J connectivity index is 1.64. The molecule has 2 aromatic heterocycles. The van der Waals surface area contributed by atoms with Crippen LogP contribution < -0.4 is 11.1 Å². The molecule has 3 N–H and O–H groups in total. The molecule has 0 saturated heterocycles. The molecule has 124 valence electrons. The lowest BCUT2D eigenvalue weighted by Crippen LogP contribution is -2.14. The average Bonchev–Trinajstić information content (AvgIpc) is 3.15. The first kappa shape index (κ1) is 16.4. The molecule has 7 heteroatoms. The Bertz CT molecular complexity index is 832. The molecular weight excluding hydrogens is 324 g/mol. The van der Waals surface area contributed by atoms with E-state index in [1.54, 1.807) is 0 Å². The highest BCUT2D eigenvalue weighted by Crippen LogP contribution is 2.23. The van der Waals surface area contributed by atoms with Gasteiger partial charge in [-0.05, 0) is 38.1 Å². The summed E-state index contributed by atoms with van der Waals surface area (Å²) < 4.78 is 5.60. The molecule has 1 aromatic carbocycles. The fourth-order valence-electron chi connectivity index (χ4n) is 2.19. The van der Waals surface area contributed by atoms with E-state index < -0.39 is 0 Å². The van der Waals surface area contributed by atoms with Gasteiger partial charge >= 0.3 is 0 Å². The second kappa shape index (κ2) is 6.94. The van der Waals surface area contributed by atoms with Gasteiger partial charge in [0.1, 0.15) is 10.8 Å². The van der Waals surface area contributed by atoms with Gasteiger partial charge in [0.25, 0.3) is 0 Å². The van der Waals surface area contributed by atoms with Crippen LogP contribution in [0.5, 0.6) is 0 Å². The summed E-state index contributed by atoms with van der Waals surface area (Å²) >= 11 is 1.47. The van der Waals surface area contributed by atoms with Gasteiger partial charge in [-0.25, -0.2) is 9.97 Å². The Kier molecular flexibility index (Phi) is 4.73. The number of aromatic nitrogens is 2. The van der Waals surface area contributed by atoms with Crippen molar-refractivity contribution in [2.45, 2.75) is 26.8 Å². The van der Waals surface area contributed by atoms with Crippen molar-refractivity contribution in [3.8, 4) is 11.5 Å². The molecule has 0 radical (unpaired) electrons. The molecule has 1 amide bonds. The van der Waals surface area contributed by atoms with Crippen LogP contribution in [0.3, 0.4) is 0 Å². The quantitative estimate of drug-likeness (QED) is 0.743. The first-order valence-corrected chi connectivity index (χ1v) is 8.41. The molecule has 6 nitrogen and oxygen atoms in total. The molecular formula is C17H18N4O2S. The molecule has 0 bridgehead atoms. The van der Waals surface area contributed by atoms with Gasteiger partial charge in [-0.15, -0.1) is 11.3 Å². The van der Waals surface area contributed by atoms with Gasteiger partial charge in [0, 0.05) is 23.2 Å². The molecule has 3 rings (SSSR count). The van der Waals surface area contributed by atoms with E-state index in [1.165, 1.54) is 11.3 Å². The molecule has 0 fully saturated rings. The molecule has 0 spiro atoms. The van der Waals surface area contributed by atoms with E-state index in [-0.39, 0.29) is 12.3 Å². The number of nitrogens with zero attached hydrogens (tertiary/aromatic N) is 2. The minimum absolute atomic E-state index is 0.112. The Morgan fingerprint density at radius 3 is 2.58 bits per heavy atom. The van der Waals surface area contributed by atoms with Gasteiger partial charge in [0.2, 0.25) is 11.8 Å². The third-order valence-electron chi connectivity index (χ3n) is 3.56. The van der Waals surface area contributed by atoms with Crippen LogP contribution in [0.15, 0.2) is 34.1 Å². The minimum Gasteiger partial charge on any atom is -0.441 e. The standard InChI is InChI=1S/C17H18N4O2S/c1-10-11(2)23-17(19-10)12-3-5-13(6-4-12)20-15(22)7-14-9-24-16(8-18)21-14/h3-6,9H,7-8,18H2,1-2H3,(H,20,22). The molecule has 0 atom stereocenters. The molecule has 2 heterocycles. The van der Waals surface area contributed by atoms with Gasteiger partial charge in [-0.3, -0.25) is 4.79 Å². The number of carbonyl (C=O) groups is 1. The van der Waals surface area contributed by atoms with Crippen molar-refractivity contribution < 1.29 is 9.21 Å². The number of aryl methyl sites for hydroxylation is 2. The number of benzene rings is 1. The van der Waals surface area contributed by atoms with Crippen LogP contribution in [0.2, 0.25) is 0 Å². The van der Waals surface area contributed by atoms with Crippen LogP contribution in [0.4, 0.5) is 5.69 Å². The number of thiazole rings is 1. The second-order valence-electron chi connectivity index (χ2n) is 5.40. The summed E-state index contributed by atoms with van der Waals surface area (Å²) in [7, 11) is 0. The zero-order valence-electron chi connectivity index (χ0n) is 13.5. The van der Waals surface area contributed by atoms with Gasteiger partial charge in [-0.2, -0.15) is 0 Å². The van der Waals surface area contributed by atoms with E-state index in [4.69, 9.17) is 10.2 Å². The summed E-state index contributed by atoms with van der Waals surface area (Å²) in [6.07, 6.45) is 0.233. The topological polar surface area (TPSA) is 94.0 Å². The number of carbonyl (C=O) groups excluding carboxylic acids is 1. The van der Waals surface area contributed by atoms with E-state index >= 15 is 0 Å². The summed E-state index contributed by atoms with van der Waals surface area (Å²) in [5, 5.41) is 5.55. The molecule has 0 unspecified atom stereocenters. The lowest BCUT2D eigenvalue weighted by molar-refractivity contribution is -0.115. The van der Waals surface area contributed by atoms with Crippen LogP contribution in [0, 0.1) is 13.8 Å². The average molecular weight is 342 g/mol. The number of oxazole rings is 1. The molecule has 0 aliphatic carbocycles. The van der Waals surface area contributed by atoms with Crippen LogP contribution in [0.1, 0.15) is 22.2 Å². The predicted molar refractivity (Wildman–Crippen MR) is 93.8 cm³/mol. The van der Waals surface area contributed by atoms with Crippen molar-refractivity contribution >= 4 is 22.9 Å². The molecule has 0 aliphatic heterocycles. The zero-order valence-corrected chi connectivity index (χ0v) is 14.3. The summed E-state index contributed by atoms with van der Waals surface area (Å²) in [6, 6.07) is 7.40. The number of anilines is 1. The number of hydrogen-bond donors (Lipinski definition) is 2. The van der Waals surface area contributed by atoms with Gasteiger partial charge in [0.05, 0.1) is 17.8 Å². The van der Waals surface area contributed by atoms with E-state index in [0.717, 1.165) is 33.4 Å². The van der Waals surface area contributed by atoms with Gasteiger partial charge in [0.15, 0.2) is 0 Å². The van der Waals surface area contributed by atoms with E-state index in [0.29, 0.717) is 12.4 Å². The Hall–Kier alpha value is -2.51. The number of nitrogens with one attached hydrogen (secondary N) is 1. The van der Waals surface area contributed by atoms with Gasteiger partial charge < -0.3 is 15.5 Å². The SMILES string of the molecule is Cc1nc(-c2ccc(NC(=O)Cc3csc(CN)n3)cc2)oc1C. The fraction of sp³-hybridized carbons (Fsp3) is 0.235. The highest BCUT2D eigenvalue weighted by atomic mass is 32.1. The highest BCUT2D eigenvalue weighted by Gasteiger charge is 2.10. The Labute approximate surface area is 143 Å². The lowest BCUT2D eigenvalue weighted by Gasteiger charge is -2.04. The molecule has 24 heavy (non-hydrogen) atoms. The van der Waals surface area contributed by atoms with Crippen molar-refractivity contribution in [3.63, 3.8) is 0 Å². The molecule has 3 aromatic rings. The summed E-state index contributed by atoms with van der Waals surface area (Å²) in [5.74, 6) is 1.28.